The summed E-state index contributed by atoms with van der Waals surface area (Å²) in [5.74, 6) is 1.92. The van der Waals surface area contributed by atoms with Gasteiger partial charge in [-0.1, -0.05) is 15.8 Å². The Bertz CT molecular complexity index is 1020. The first-order valence-electron chi connectivity index (χ1n) is 6.95. The average molecular weight is 360 g/mol. The maximum Gasteiger partial charge on any atom is 0.235 e. The van der Waals surface area contributed by atoms with Gasteiger partial charge in [0, 0.05) is 5.56 Å². The van der Waals surface area contributed by atoms with Crippen LogP contribution in [0.2, 0.25) is 0 Å². The van der Waals surface area contributed by atoms with Gasteiger partial charge in [-0.05, 0) is 36.7 Å². The molecule has 3 heterocycles. The van der Waals surface area contributed by atoms with E-state index in [-0.39, 0.29) is 0 Å². The Morgan fingerprint density at radius 2 is 1.88 bits per heavy atom. The Morgan fingerprint density at radius 1 is 1.04 bits per heavy atom. The van der Waals surface area contributed by atoms with Crippen LogP contribution in [0, 0.1) is 6.92 Å². The van der Waals surface area contributed by atoms with Crippen molar-refractivity contribution in [3.05, 3.63) is 23.1 Å². The van der Waals surface area contributed by atoms with E-state index < -0.39 is 0 Å². The van der Waals surface area contributed by atoms with Gasteiger partial charge < -0.3 is 9.47 Å². The molecule has 0 aliphatic heterocycles. The van der Waals surface area contributed by atoms with Gasteiger partial charge in [0.15, 0.2) is 22.3 Å². The van der Waals surface area contributed by atoms with Crippen molar-refractivity contribution in [2.45, 2.75) is 6.92 Å². The van der Waals surface area contributed by atoms with E-state index in [0.717, 1.165) is 21.1 Å². The Hall–Kier alpha value is -2.59. The van der Waals surface area contributed by atoms with Crippen LogP contribution in [0.25, 0.3) is 27.1 Å². The first-order chi connectivity index (χ1) is 11.7. The molecule has 10 heteroatoms. The van der Waals surface area contributed by atoms with Gasteiger partial charge in [0.2, 0.25) is 4.96 Å². The van der Waals surface area contributed by atoms with Gasteiger partial charge >= 0.3 is 0 Å². The van der Waals surface area contributed by atoms with E-state index in [1.165, 1.54) is 22.9 Å². The smallest absolute Gasteiger partial charge is 0.235 e. The fourth-order valence-corrected chi connectivity index (χ4v) is 3.71. The number of hydrogen-bond acceptors (Lipinski definition) is 9. The van der Waals surface area contributed by atoms with Crippen molar-refractivity contribution in [3.8, 4) is 33.6 Å². The van der Waals surface area contributed by atoms with Crippen LogP contribution in [-0.2, 0) is 0 Å². The number of methoxy groups -OCH3 is 2. The predicted molar refractivity (Wildman–Crippen MR) is 90.8 cm³/mol. The van der Waals surface area contributed by atoms with Crippen molar-refractivity contribution < 1.29 is 9.47 Å². The number of benzene rings is 1. The number of aryl methyl sites for hydroxylation is 1. The van der Waals surface area contributed by atoms with Crippen LogP contribution >= 0.6 is 22.9 Å². The molecule has 0 spiro atoms. The van der Waals surface area contributed by atoms with Crippen LogP contribution in [0.4, 0.5) is 0 Å². The van der Waals surface area contributed by atoms with E-state index in [4.69, 9.17) is 9.47 Å². The van der Waals surface area contributed by atoms with E-state index in [2.05, 4.69) is 24.9 Å². The van der Waals surface area contributed by atoms with Gasteiger partial charge in [0.05, 0.1) is 19.1 Å². The third-order valence-corrected chi connectivity index (χ3v) is 5.02. The van der Waals surface area contributed by atoms with Gasteiger partial charge in [-0.2, -0.15) is 9.61 Å². The number of aromatic nitrogens is 6. The summed E-state index contributed by atoms with van der Waals surface area (Å²) in [6.45, 7) is 1.97. The van der Waals surface area contributed by atoms with E-state index in [9.17, 15) is 0 Å². The Morgan fingerprint density at radius 3 is 2.58 bits per heavy atom. The quantitative estimate of drug-likeness (QED) is 0.553. The second-order valence-electron chi connectivity index (χ2n) is 4.87. The third kappa shape index (κ3) is 2.31. The summed E-state index contributed by atoms with van der Waals surface area (Å²) in [6.07, 6.45) is 0. The van der Waals surface area contributed by atoms with Crippen molar-refractivity contribution >= 4 is 27.8 Å². The number of hydrogen-bond donors (Lipinski definition) is 0. The van der Waals surface area contributed by atoms with Crippen LogP contribution in [0.15, 0.2) is 18.2 Å². The van der Waals surface area contributed by atoms with Crippen molar-refractivity contribution in [1.29, 1.82) is 0 Å². The first kappa shape index (κ1) is 15.0. The van der Waals surface area contributed by atoms with Crippen LogP contribution in [-0.4, -0.2) is 43.6 Å². The minimum Gasteiger partial charge on any atom is -0.493 e. The number of rotatable bonds is 4. The lowest BCUT2D eigenvalue weighted by molar-refractivity contribution is 0.355. The van der Waals surface area contributed by atoms with E-state index in [0.29, 0.717) is 22.3 Å². The molecule has 0 aliphatic carbocycles. The molecule has 0 bridgehead atoms. The second kappa shape index (κ2) is 5.80. The van der Waals surface area contributed by atoms with E-state index in [1.807, 2.05) is 25.1 Å². The fraction of sp³-hybridized carbons (Fsp3) is 0.214. The minimum atomic E-state index is 0.627. The molecular formula is C14H12N6O2S2. The van der Waals surface area contributed by atoms with Gasteiger partial charge in [0.25, 0.3) is 0 Å². The SMILES string of the molecule is COc1ccc(-c2nnc3sc(-c4nnsc4C)nn23)cc1OC. The predicted octanol–water partition coefficient (Wildman–Crippen LogP) is 2.70. The van der Waals surface area contributed by atoms with Gasteiger partial charge in [-0.3, -0.25) is 0 Å². The Kier molecular flexibility index (Phi) is 3.62. The highest BCUT2D eigenvalue weighted by Crippen LogP contribution is 2.33. The maximum absolute atomic E-state index is 5.35. The largest absolute Gasteiger partial charge is 0.493 e. The van der Waals surface area contributed by atoms with Crippen molar-refractivity contribution in [2.75, 3.05) is 14.2 Å². The Balaban J connectivity index is 1.83. The zero-order valence-electron chi connectivity index (χ0n) is 13.0. The zero-order valence-corrected chi connectivity index (χ0v) is 14.7. The highest BCUT2D eigenvalue weighted by atomic mass is 32.1. The molecule has 0 saturated carbocycles. The Labute approximate surface area is 144 Å². The molecule has 122 valence electrons. The molecule has 0 fully saturated rings. The molecule has 8 nitrogen and oxygen atoms in total. The monoisotopic (exact) mass is 360 g/mol. The van der Waals surface area contributed by atoms with Crippen LogP contribution in [0.3, 0.4) is 0 Å². The number of fused-ring (bicyclic) bond motifs is 1. The van der Waals surface area contributed by atoms with E-state index in [1.54, 1.807) is 18.7 Å². The third-order valence-electron chi connectivity index (χ3n) is 3.49. The molecule has 0 atom stereocenters. The molecule has 4 aromatic rings. The number of nitrogens with zero attached hydrogens (tertiary/aromatic N) is 6. The summed E-state index contributed by atoms with van der Waals surface area (Å²) in [5, 5.41) is 17.9. The first-order valence-corrected chi connectivity index (χ1v) is 8.54. The van der Waals surface area contributed by atoms with Crippen LogP contribution in [0.5, 0.6) is 11.5 Å². The molecule has 1 aromatic carbocycles. The van der Waals surface area contributed by atoms with Crippen molar-refractivity contribution in [2.24, 2.45) is 0 Å². The highest BCUT2D eigenvalue weighted by molar-refractivity contribution is 7.20. The van der Waals surface area contributed by atoms with Crippen molar-refractivity contribution in [1.82, 2.24) is 29.4 Å². The van der Waals surface area contributed by atoms with Gasteiger partial charge in [0.1, 0.15) is 5.69 Å². The number of ether oxygens (including phenoxy) is 2. The zero-order chi connectivity index (χ0) is 16.7. The molecule has 4 rings (SSSR count). The normalized spacial score (nSPS) is 11.1. The van der Waals surface area contributed by atoms with E-state index >= 15 is 0 Å². The van der Waals surface area contributed by atoms with Crippen LogP contribution < -0.4 is 9.47 Å². The molecule has 0 unspecified atom stereocenters. The van der Waals surface area contributed by atoms with Crippen molar-refractivity contribution in [3.63, 3.8) is 0 Å². The van der Waals surface area contributed by atoms with Gasteiger partial charge in [-0.25, -0.2) is 0 Å². The van der Waals surface area contributed by atoms with Crippen LogP contribution in [0.1, 0.15) is 4.88 Å². The standard InChI is InChI=1S/C14H12N6O2S2/c1-7-11(15-19-24-7)13-18-20-12(16-17-14(20)23-13)8-4-5-9(21-2)10(6-8)22-3/h4-6H,1-3H3. The molecule has 0 N–H and O–H groups in total. The lowest BCUT2D eigenvalue weighted by Gasteiger charge is -2.08. The summed E-state index contributed by atoms with van der Waals surface area (Å²) < 4.78 is 16.3. The summed E-state index contributed by atoms with van der Waals surface area (Å²) in [4.78, 5) is 1.72. The maximum atomic E-state index is 5.35. The highest BCUT2D eigenvalue weighted by Gasteiger charge is 2.18. The summed E-state index contributed by atoms with van der Waals surface area (Å²) in [6, 6.07) is 5.58. The fourth-order valence-electron chi connectivity index (χ4n) is 2.30. The summed E-state index contributed by atoms with van der Waals surface area (Å²) in [7, 11) is 3.20. The molecule has 0 aliphatic rings. The minimum absolute atomic E-state index is 0.627. The molecular weight excluding hydrogens is 348 g/mol. The average Bonchev–Trinajstić information content (AvgIpc) is 3.29. The lowest BCUT2D eigenvalue weighted by Crippen LogP contribution is -1.94. The molecule has 3 aromatic heterocycles. The molecule has 24 heavy (non-hydrogen) atoms. The molecule has 0 radical (unpaired) electrons. The summed E-state index contributed by atoms with van der Waals surface area (Å²) >= 11 is 2.78. The molecule has 0 amide bonds. The molecule has 0 saturated heterocycles. The second-order valence-corrected chi connectivity index (χ2v) is 6.79. The summed E-state index contributed by atoms with van der Waals surface area (Å²) in [5.41, 5.74) is 1.62. The topological polar surface area (TPSA) is 87.3 Å². The van der Waals surface area contributed by atoms with Gasteiger partial charge in [-0.15, -0.1) is 15.3 Å². The lowest BCUT2D eigenvalue weighted by atomic mass is 10.2.